The van der Waals surface area contributed by atoms with Crippen molar-refractivity contribution >= 4 is 5.91 Å². The molecule has 4 nitrogen and oxygen atoms in total. The molecule has 2 aliphatic heterocycles. The highest BCUT2D eigenvalue weighted by atomic mass is 16.6. The molecule has 86 valence electrons. The summed E-state index contributed by atoms with van der Waals surface area (Å²) in [6.07, 6.45) is 3.33. The van der Waals surface area contributed by atoms with Crippen LogP contribution in [0.1, 0.15) is 33.1 Å². The quantitative estimate of drug-likeness (QED) is 0.679. The molecule has 3 unspecified atom stereocenters. The molecule has 2 fully saturated rings. The number of fused-ring (bicyclic) bond motifs is 2. The third-order valence-corrected chi connectivity index (χ3v) is 3.23. The SMILES string of the molecule is CC(C)CONC(=O)C1CC2CCC1N2. The van der Waals surface area contributed by atoms with E-state index in [-0.39, 0.29) is 11.8 Å². The summed E-state index contributed by atoms with van der Waals surface area (Å²) in [5, 5.41) is 3.44. The Morgan fingerprint density at radius 2 is 2.33 bits per heavy atom. The first-order valence-corrected chi connectivity index (χ1v) is 5.84. The van der Waals surface area contributed by atoms with Gasteiger partial charge in [-0.05, 0) is 25.2 Å². The third-order valence-electron chi connectivity index (χ3n) is 3.23. The molecular formula is C11H20N2O2. The van der Waals surface area contributed by atoms with E-state index in [1.54, 1.807) is 0 Å². The number of hydrogen-bond acceptors (Lipinski definition) is 3. The second-order valence-electron chi connectivity index (χ2n) is 5.06. The maximum absolute atomic E-state index is 11.7. The maximum Gasteiger partial charge on any atom is 0.248 e. The van der Waals surface area contributed by atoms with E-state index < -0.39 is 0 Å². The molecule has 0 radical (unpaired) electrons. The molecular weight excluding hydrogens is 192 g/mol. The lowest BCUT2D eigenvalue weighted by atomic mass is 9.89. The van der Waals surface area contributed by atoms with E-state index in [0.717, 1.165) is 12.8 Å². The van der Waals surface area contributed by atoms with E-state index in [9.17, 15) is 4.79 Å². The van der Waals surface area contributed by atoms with Crippen LogP contribution >= 0.6 is 0 Å². The lowest BCUT2D eigenvalue weighted by molar-refractivity contribution is -0.139. The largest absolute Gasteiger partial charge is 0.310 e. The topological polar surface area (TPSA) is 50.4 Å². The zero-order valence-electron chi connectivity index (χ0n) is 9.45. The minimum absolute atomic E-state index is 0.0513. The first-order valence-electron chi connectivity index (χ1n) is 5.84. The van der Waals surface area contributed by atoms with Gasteiger partial charge in [0.1, 0.15) is 0 Å². The highest BCUT2D eigenvalue weighted by molar-refractivity contribution is 5.79. The van der Waals surface area contributed by atoms with Crippen LogP contribution < -0.4 is 10.8 Å². The number of amides is 1. The molecule has 2 N–H and O–H groups in total. The molecule has 2 aliphatic rings. The predicted octanol–water partition coefficient (Wildman–Crippen LogP) is 0.831. The fraction of sp³-hybridized carbons (Fsp3) is 0.909. The van der Waals surface area contributed by atoms with Crippen LogP contribution in [0.3, 0.4) is 0 Å². The van der Waals surface area contributed by atoms with Crippen LogP contribution in [0.5, 0.6) is 0 Å². The molecule has 1 amide bonds. The fourth-order valence-corrected chi connectivity index (χ4v) is 2.47. The monoisotopic (exact) mass is 212 g/mol. The van der Waals surface area contributed by atoms with Crippen molar-refractivity contribution in [3.05, 3.63) is 0 Å². The Morgan fingerprint density at radius 3 is 2.87 bits per heavy atom. The van der Waals surface area contributed by atoms with Gasteiger partial charge in [0.25, 0.3) is 0 Å². The van der Waals surface area contributed by atoms with Crippen molar-refractivity contribution in [1.29, 1.82) is 0 Å². The number of nitrogens with one attached hydrogen (secondary N) is 2. The first-order chi connectivity index (χ1) is 7.16. The predicted molar refractivity (Wildman–Crippen MR) is 57.0 cm³/mol. The fourth-order valence-electron chi connectivity index (χ4n) is 2.47. The molecule has 0 spiro atoms. The van der Waals surface area contributed by atoms with Gasteiger partial charge in [-0.1, -0.05) is 13.8 Å². The Labute approximate surface area is 90.7 Å². The molecule has 2 heterocycles. The van der Waals surface area contributed by atoms with Crippen molar-refractivity contribution in [1.82, 2.24) is 10.8 Å². The second kappa shape index (κ2) is 4.49. The summed E-state index contributed by atoms with van der Waals surface area (Å²) in [5.41, 5.74) is 2.56. The van der Waals surface area contributed by atoms with Gasteiger partial charge in [-0.2, -0.15) is 0 Å². The molecule has 0 aromatic carbocycles. The van der Waals surface area contributed by atoms with Crippen molar-refractivity contribution in [2.75, 3.05) is 6.61 Å². The molecule has 0 saturated carbocycles. The summed E-state index contributed by atoms with van der Waals surface area (Å²) >= 11 is 0. The lowest BCUT2D eigenvalue weighted by Crippen LogP contribution is -2.38. The summed E-state index contributed by atoms with van der Waals surface area (Å²) in [4.78, 5) is 16.9. The highest BCUT2D eigenvalue weighted by Crippen LogP contribution is 2.33. The zero-order valence-corrected chi connectivity index (χ0v) is 9.45. The first kappa shape index (κ1) is 10.9. The minimum atomic E-state index is 0.0513. The minimum Gasteiger partial charge on any atom is -0.310 e. The van der Waals surface area contributed by atoms with Crippen molar-refractivity contribution in [2.24, 2.45) is 11.8 Å². The van der Waals surface area contributed by atoms with Crippen LogP contribution in [0.15, 0.2) is 0 Å². The number of rotatable bonds is 4. The summed E-state index contributed by atoms with van der Waals surface area (Å²) in [6, 6.07) is 0.952. The van der Waals surface area contributed by atoms with Crippen LogP contribution in [0, 0.1) is 11.8 Å². The van der Waals surface area contributed by atoms with Crippen molar-refractivity contribution in [3.8, 4) is 0 Å². The van der Waals surface area contributed by atoms with Gasteiger partial charge in [-0.15, -0.1) is 0 Å². The number of carbonyl (C=O) groups excluding carboxylic acids is 1. The van der Waals surface area contributed by atoms with Crippen LogP contribution in [0.2, 0.25) is 0 Å². The van der Waals surface area contributed by atoms with Crippen LogP contribution in [-0.2, 0) is 9.63 Å². The molecule has 15 heavy (non-hydrogen) atoms. The Morgan fingerprint density at radius 1 is 1.53 bits per heavy atom. The Balaban J connectivity index is 1.72. The van der Waals surface area contributed by atoms with Gasteiger partial charge in [0.15, 0.2) is 0 Å². The molecule has 4 heteroatoms. The summed E-state index contributed by atoms with van der Waals surface area (Å²) in [7, 11) is 0. The Hall–Kier alpha value is -0.610. The molecule has 0 aromatic heterocycles. The second-order valence-corrected chi connectivity index (χ2v) is 5.06. The van der Waals surface area contributed by atoms with Crippen molar-refractivity contribution in [3.63, 3.8) is 0 Å². The van der Waals surface area contributed by atoms with Gasteiger partial charge in [0.05, 0.1) is 12.5 Å². The molecule has 3 atom stereocenters. The highest BCUT2D eigenvalue weighted by Gasteiger charge is 2.42. The normalized spacial score (nSPS) is 33.7. The van der Waals surface area contributed by atoms with Gasteiger partial charge in [0.2, 0.25) is 5.91 Å². The molecule has 0 aliphatic carbocycles. The maximum atomic E-state index is 11.7. The lowest BCUT2D eigenvalue weighted by Gasteiger charge is -2.19. The van der Waals surface area contributed by atoms with Crippen LogP contribution in [-0.4, -0.2) is 24.6 Å². The van der Waals surface area contributed by atoms with E-state index in [1.165, 1.54) is 6.42 Å². The van der Waals surface area contributed by atoms with Crippen molar-refractivity contribution in [2.45, 2.75) is 45.2 Å². The van der Waals surface area contributed by atoms with Gasteiger partial charge >= 0.3 is 0 Å². The average Bonchev–Trinajstić information content (AvgIpc) is 2.77. The summed E-state index contributed by atoms with van der Waals surface area (Å²) < 4.78 is 0. The van der Waals surface area contributed by atoms with Crippen LogP contribution in [0.4, 0.5) is 0 Å². The van der Waals surface area contributed by atoms with E-state index in [1.807, 2.05) is 0 Å². The van der Waals surface area contributed by atoms with Gasteiger partial charge < -0.3 is 5.32 Å². The molecule has 2 rings (SSSR count). The molecule has 2 saturated heterocycles. The zero-order chi connectivity index (χ0) is 10.8. The van der Waals surface area contributed by atoms with Crippen LogP contribution in [0.25, 0.3) is 0 Å². The van der Waals surface area contributed by atoms with E-state index in [4.69, 9.17) is 4.84 Å². The van der Waals surface area contributed by atoms with Gasteiger partial charge in [-0.3, -0.25) is 9.63 Å². The van der Waals surface area contributed by atoms with E-state index in [2.05, 4.69) is 24.6 Å². The number of hydroxylamine groups is 1. The average molecular weight is 212 g/mol. The molecule has 0 aromatic rings. The van der Waals surface area contributed by atoms with Gasteiger partial charge in [0, 0.05) is 12.1 Å². The molecule has 2 bridgehead atoms. The summed E-state index contributed by atoms with van der Waals surface area (Å²) in [5.74, 6) is 0.620. The number of hydrogen-bond donors (Lipinski definition) is 2. The van der Waals surface area contributed by atoms with E-state index >= 15 is 0 Å². The number of carbonyl (C=O) groups is 1. The van der Waals surface area contributed by atoms with Gasteiger partial charge in [-0.25, -0.2) is 5.48 Å². The van der Waals surface area contributed by atoms with Crippen molar-refractivity contribution < 1.29 is 9.63 Å². The Bertz CT molecular complexity index is 243. The summed E-state index contributed by atoms with van der Waals surface area (Å²) in [6.45, 7) is 4.70. The third kappa shape index (κ3) is 2.49. The van der Waals surface area contributed by atoms with E-state index in [0.29, 0.717) is 24.6 Å². The standard InChI is InChI=1S/C11H20N2O2/c1-7(2)6-15-13-11(14)9-5-8-3-4-10(9)12-8/h7-10,12H,3-6H2,1-2H3,(H,13,14). The smallest absolute Gasteiger partial charge is 0.248 e. The Kier molecular flexibility index (Phi) is 3.26.